The molecule has 0 radical (unpaired) electrons. The Morgan fingerprint density at radius 2 is 2.00 bits per heavy atom. The van der Waals surface area contributed by atoms with Crippen LogP contribution in [0.15, 0.2) is 18.2 Å². The molecule has 1 aliphatic carbocycles. The summed E-state index contributed by atoms with van der Waals surface area (Å²) < 4.78 is 0. The molecule has 0 aromatic heterocycles. The molecule has 1 N–H and O–H groups in total. The van der Waals surface area contributed by atoms with Gasteiger partial charge in [0, 0.05) is 10.0 Å². The topological polar surface area (TPSA) is 12.0 Å². The highest BCUT2D eigenvalue weighted by Gasteiger charge is 2.40. The Morgan fingerprint density at radius 1 is 1.20 bits per heavy atom. The maximum absolute atomic E-state index is 6.51. The van der Waals surface area contributed by atoms with E-state index in [4.69, 9.17) is 23.2 Å². The minimum Gasteiger partial charge on any atom is -0.317 e. The zero-order valence-corrected chi connectivity index (χ0v) is 18.1. The first-order valence-electron chi connectivity index (χ1n) is 9.81. The summed E-state index contributed by atoms with van der Waals surface area (Å²) >= 11 is 14.6. The monoisotopic (exact) mass is 401 g/mol. The second-order valence-corrected chi connectivity index (χ2v) is 9.75. The van der Waals surface area contributed by atoms with Crippen molar-refractivity contribution < 1.29 is 0 Å². The second-order valence-electron chi connectivity index (χ2n) is 7.51. The van der Waals surface area contributed by atoms with Gasteiger partial charge in [0.2, 0.25) is 0 Å². The Hall–Kier alpha value is 0.110. The summed E-state index contributed by atoms with van der Waals surface area (Å²) in [5.74, 6) is 3.26. The van der Waals surface area contributed by atoms with Crippen LogP contribution in [0.3, 0.4) is 0 Å². The molecule has 1 saturated carbocycles. The Bertz CT molecular complexity index is 517. The van der Waals surface area contributed by atoms with Crippen LogP contribution in [0.4, 0.5) is 0 Å². The first kappa shape index (κ1) is 21.4. The van der Waals surface area contributed by atoms with E-state index >= 15 is 0 Å². The molecule has 142 valence electrons. The molecule has 0 heterocycles. The van der Waals surface area contributed by atoms with Crippen LogP contribution in [-0.4, -0.2) is 24.6 Å². The van der Waals surface area contributed by atoms with Crippen LogP contribution >= 0.6 is 35.0 Å². The Kier molecular flexibility index (Phi) is 9.48. The standard InChI is InChI=1S/C21H33Cl2NS/c1-3-25-14-5-4-12-24-13-9-17(2)16-21(10-6-11-21)19-8-7-18(22)15-20(19)23/h7-8,15,17,24H,3-6,9-14,16H2,1-2H3. The quantitative estimate of drug-likeness (QED) is 0.380. The minimum absolute atomic E-state index is 0.290. The summed E-state index contributed by atoms with van der Waals surface area (Å²) in [7, 11) is 0. The fourth-order valence-electron chi connectivity index (χ4n) is 3.95. The summed E-state index contributed by atoms with van der Waals surface area (Å²) in [5.41, 5.74) is 1.61. The van der Waals surface area contributed by atoms with E-state index in [1.165, 1.54) is 62.0 Å². The molecule has 0 bridgehead atoms. The molecule has 0 saturated heterocycles. The van der Waals surface area contributed by atoms with E-state index in [0.717, 1.165) is 29.1 Å². The summed E-state index contributed by atoms with van der Waals surface area (Å²) in [6.45, 7) is 6.91. The highest BCUT2D eigenvalue weighted by molar-refractivity contribution is 7.99. The molecular formula is C21H33Cl2NS. The van der Waals surface area contributed by atoms with Crippen LogP contribution in [0.1, 0.15) is 64.4 Å². The molecule has 1 aromatic carbocycles. The smallest absolute Gasteiger partial charge is 0.0458 e. The molecule has 1 nitrogen and oxygen atoms in total. The Labute approximate surface area is 168 Å². The number of rotatable bonds is 12. The van der Waals surface area contributed by atoms with Gasteiger partial charge in [-0.15, -0.1) is 0 Å². The van der Waals surface area contributed by atoms with Crippen molar-refractivity contribution in [1.29, 1.82) is 0 Å². The van der Waals surface area contributed by atoms with Crippen molar-refractivity contribution in [3.05, 3.63) is 33.8 Å². The van der Waals surface area contributed by atoms with Gasteiger partial charge in [0.1, 0.15) is 0 Å². The summed E-state index contributed by atoms with van der Waals surface area (Å²) in [6.07, 6.45) is 8.97. The van der Waals surface area contributed by atoms with Gasteiger partial charge in [-0.05, 0) is 92.1 Å². The number of nitrogens with one attached hydrogen (secondary N) is 1. The van der Waals surface area contributed by atoms with Gasteiger partial charge in [-0.1, -0.05) is 49.5 Å². The SMILES string of the molecule is CCSCCCCNCCC(C)CC1(c2ccc(Cl)cc2Cl)CCC1. The number of unbranched alkanes of at least 4 members (excludes halogenated alkanes) is 1. The fourth-order valence-corrected chi connectivity index (χ4v) is 5.25. The van der Waals surface area contributed by atoms with Crippen molar-refractivity contribution in [2.24, 2.45) is 5.92 Å². The van der Waals surface area contributed by atoms with E-state index in [9.17, 15) is 0 Å². The molecule has 0 aliphatic heterocycles. The number of benzene rings is 1. The largest absolute Gasteiger partial charge is 0.317 e. The van der Waals surface area contributed by atoms with Crippen LogP contribution < -0.4 is 5.32 Å². The molecule has 0 spiro atoms. The molecule has 1 atom stereocenters. The van der Waals surface area contributed by atoms with Gasteiger partial charge in [-0.25, -0.2) is 0 Å². The first-order chi connectivity index (χ1) is 12.1. The predicted octanol–water partition coefficient (Wildman–Crippen LogP) is 6.95. The highest BCUT2D eigenvalue weighted by atomic mass is 35.5. The van der Waals surface area contributed by atoms with Gasteiger partial charge in [0.05, 0.1) is 0 Å². The van der Waals surface area contributed by atoms with Gasteiger partial charge in [0.15, 0.2) is 0 Å². The number of halogens is 2. The molecule has 25 heavy (non-hydrogen) atoms. The molecule has 1 fully saturated rings. The van der Waals surface area contributed by atoms with Gasteiger partial charge >= 0.3 is 0 Å². The maximum Gasteiger partial charge on any atom is 0.0458 e. The van der Waals surface area contributed by atoms with E-state index in [2.05, 4.69) is 25.2 Å². The van der Waals surface area contributed by atoms with E-state index in [1.54, 1.807) is 0 Å². The third-order valence-corrected chi connectivity index (χ3v) is 7.00. The number of hydrogen-bond acceptors (Lipinski definition) is 2. The van der Waals surface area contributed by atoms with Gasteiger partial charge in [0.25, 0.3) is 0 Å². The lowest BCUT2D eigenvalue weighted by molar-refractivity contribution is 0.190. The minimum atomic E-state index is 0.290. The van der Waals surface area contributed by atoms with Crippen LogP contribution in [0, 0.1) is 5.92 Å². The number of hydrogen-bond donors (Lipinski definition) is 1. The Balaban J connectivity index is 1.72. The average molecular weight is 402 g/mol. The molecule has 4 heteroatoms. The summed E-state index contributed by atoms with van der Waals surface area (Å²) in [6, 6.07) is 6.05. The lowest BCUT2D eigenvalue weighted by atomic mass is 9.60. The molecule has 0 amide bonds. The lowest BCUT2D eigenvalue weighted by Gasteiger charge is -2.45. The molecular weight excluding hydrogens is 369 g/mol. The fraction of sp³-hybridized carbons (Fsp3) is 0.714. The number of thioether (sulfide) groups is 1. The maximum atomic E-state index is 6.51. The van der Waals surface area contributed by atoms with E-state index in [0.29, 0.717) is 5.41 Å². The van der Waals surface area contributed by atoms with Crippen molar-refractivity contribution in [2.75, 3.05) is 24.6 Å². The first-order valence-corrected chi connectivity index (χ1v) is 11.7. The van der Waals surface area contributed by atoms with Crippen LogP contribution in [0.25, 0.3) is 0 Å². The molecule has 1 aliphatic rings. The molecule has 1 aromatic rings. The van der Waals surface area contributed by atoms with E-state index in [1.807, 2.05) is 23.9 Å². The lowest BCUT2D eigenvalue weighted by Crippen LogP contribution is -2.36. The van der Waals surface area contributed by atoms with E-state index < -0.39 is 0 Å². The summed E-state index contributed by atoms with van der Waals surface area (Å²) in [5, 5.41) is 5.20. The summed E-state index contributed by atoms with van der Waals surface area (Å²) in [4.78, 5) is 0. The van der Waals surface area contributed by atoms with Gasteiger partial charge in [-0.2, -0.15) is 11.8 Å². The van der Waals surface area contributed by atoms with Crippen molar-refractivity contribution >= 4 is 35.0 Å². The van der Waals surface area contributed by atoms with Crippen molar-refractivity contribution in [3.63, 3.8) is 0 Å². The van der Waals surface area contributed by atoms with Crippen LogP contribution in [-0.2, 0) is 5.41 Å². The predicted molar refractivity (Wildman–Crippen MR) is 115 cm³/mol. The molecule has 1 unspecified atom stereocenters. The average Bonchev–Trinajstić information content (AvgIpc) is 2.54. The second kappa shape index (κ2) is 11.1. The third kappa shape index (κ3) is 6.65. The molecule has 2 rings (SSSR count). The zero-order chi connectivity index (χ0) is 18.1. The van der Waals surface area contributed by atoms with Crippen LogP contribution in [0.5, 0.6) is 0 Å². The van der Waals surface area contributed by atoms with E-state index in [-0.39, 0.29) is 0 Å². The normalized spacial score (nSPS) is 17.3. The van der Waals surface area contributed by atoms with Crippen molar-refractivity contribution in [1.82, 2.24) is 5.32 Å². The zero-order valence-electron chi connectivity index (χ0n) is 15.8. The van der Waals surface area contributed by atoms with Gasteiger partial charge < -0.3 is 5.32 Å². The van der Waals surface area contributed by atoms with Gasteiger partial charge in [-0.3, -0.25) is 0 Å². The Morgan fingerprint density at radius 3 is 2.64 bits per heavy atom. The van der Waals surface area contributed by atoms with Crippen molar-refractivity contribution in [2.45, 2.75) is 64.2 Å². The van der Waals surface area contributed by atoms with Crippen molar-refractivity contribution in [3.8, 4) is 0 Å². The van der Waals surface area contributed by atoms with Crippen LogP contribution in [0.2, 0.25) is 10.0 Å². The third-order valence-electron chi connectivity index (χ3n) is 5.46. The highest BCUT2D eigenvalue weighted by Crippen LogP contribution is 2.50.